The molecule has 1 aromatic carbocycles. The highest BCUT2D eigenvalue weighted by Crippen LogP contribution is 2.41. The van der Waals surface area contributed by atoms with Crippen LogP contribution in [0, 0.1) is 0 Å². The lowest BCUT2D eigenvalue weighted by Crippen LogP contribution is -2.43. The zero-order valence-corrected chi connectivity index (χ0v) is 12.3. The van der Waals surface area contributed by atoms with Crippen LogP contribution in [0.1, 0.15) is 36.8 Å². The monoisotopic (exact) mass is 284 g/mol. The quantitative estimate of drug-likeness (QED) is 0.875. The summed E-state index contributed by atoms with van der Waals surface area (Å²) in [6.45, 7) is 3.35. The molecule has 2 aliphatic rings. The number of ether oxygens (including phenoxy) is 1. The number of carbonyl (C=O) groups excluding carboxylic acids is 1. The number of nitrogens with zero attached hydrogens (tertiary/aromatic N) is 1. The second kappa shape index (κ2) is 4.88. The Morgan fingerprint density at radius 1 is 1.48 bits per heavy atom. The molecule has 0 bridgehead atoms. The average molecular weight is 284 g/mol. The van der Waals surface area contributed by atoms with Gasteiger partial charge in [-0.3, -0.25) is 4.57 Å². The van der Waals surface area contributed by atoms with E-state index in [1.54, 1.807) is 4.57 Å². The number of rotatable bonds is 1. The van der Waals surface area contributed by atoms with Crippen molar-refractivity contribution in [2.24, 2.45) is 0 Å². The fourth-order valence-electron chi connectivity index (χ4n) is 3.98. The van der Waals surface area contributed by atoms with Crippen molar-refractivity contribution in [3.05, 3.63) is 35.5 Å². The van der Waals surface area contributed by atoms with E-state index in [0.29, 0.717) is 18.6 Å². The number of hydrogen-bond donors (Lipinski definition) is 1. The molecule has 1 saturated heterocycles. The number of fused-ring (bicyclic) bond motifs is 2. The normalized spacial score (nSPS) is 23.9. The van der Waals surface area contributed by atoms with Gasteiger partial charge in [0.1, 0.15) is 0 Å². The highest BCUT2D eigenvalue weighted by molar-refractivity contribution is 5.95. The summed E-state index contributed by atoms with van der Waals surface area (Å²) in [5.74, 6) is 0.577. The molecule has 2 heterocycles. The van der Waals surface area contributed by atoms with E-state index in [9.17, 15) is 4.79 Å². The summed E-state index contributed by atoms with van der Waals surface area (Å²) in [4.78, 5) is 12.2. The molecule has 1 aliphatic heterocycles. The number of aromatic nitrogens is 1. The first kappa shape index (κ1) is 12.9. The van der Waals surface area contributed by atoms with Gasteiger partial charge in [-0.25, -0.2) is 4.79 Å². The van der Waals surface area contributed by atoms with E-state index in [4.69, 9.17) is 4.74 Å². The van der Waals surface area contributed by atoms with Crippen LogP contribution in [0.4, 0.5) is 4.79 Å². The van der Waals surface area contributed by atoms with Crippen LogP contribution in [0.3, 0.4) is 0 Å². The Labute approximate surface area is 124 Å². The first-order chi connectivity index (χ1) is 10.3. The maximum atomic E-state index is 12.2. The van der Waals surface area contributed by atoms with Crippen molar-refractivity contribution in [3.8, 4) is 0 Å². The number of hydrogen-bond acceptors (Lipinski definition) is 3. The van der Waals surface area contributed by atoms with Crippen LogP contribution < -0.4 is 5.32 Å². The molecular formula is C17H20N2O2. The lowest BCUT2D eigenvalue weighted by atomic mass is 9.76. The SMILES string of the molecule is CCOC(=O)n1cc2c3c(cccc31)[C@H]1CCCN[C@@H]1C2. The third-order valence-corrected chi connectivity index (χ3v) is 4.83. The van der Waals surface area contributed by atoms with Gasteiger partial charge in [0.05, 0.1) is 12.1 Å². The maximum Gasteiger partial charge on any atom is 0.418 e. The molecular weight excluding hydrogens is 264 g/mol. The van der Waals surface area contributed by atoms with Gasteiger partial charge < -0.3 is 10.1 Å². The second-order valence-corrected chi connectivity index (χ2v) is 5.98. The number of benzene rings is 1. The molecule has 4 rings (SSSR count). The molecule has 1 aliphatic carbocycles. The van der Waals surface area contributed by atoms with E-state index >= 15 is 0 Å². The Kier molecular flexibility index (Phi) is 3.00. The fourth-order valence-corrected chi connectivity index (χ4v) is 3.98. The summed E-state index contributed by atoms with van der Waals surface area (Å²) in [6, 6.07) is 6.82. The van der Waals surface area contributed by atoms with E-state index in [0.717, 1.165) is 18.5 Å². The molecule has 0 spiro atoms. The molecule has 4 heteroatoms. The Bertz CT molecular complexity index is 704. The largest absolute Gasteiger partial charge is 0.449 e. The van der Waals surface area contributed by atoms with E-state index < -0.39 is 0 Å². The highest BCUT2D eigenvalue weighted by atomic mass is 16.5. The van der Waals surface area contributed by atoms with Gasteiger partial charge in [0.15, 0.2) is 0 Å². The first-order valence-corrected chi connectivity index (χ1v) is 7.83. The Balaban J connectivity index is 1.88. The summed E-state index contributed by atoms with van der Waals surface area (Å²) < 4.78 is 6.86. The molecule has 0 saturated carbocycles. The van der Waals surface area contributed by atoms with Crippen molar-refractivity contribution in [1.82, 2.24) is 9.88 Å². The molecule has 2 aromatic rings. The van der Waals surface area contributed by atoms with Gasteiger partial charge in [-0.15, -0.1) is 0 Å². The Morgan fingerprint density at radius 3 is 3.24 bits per heavy atom. The zero-order chi connectivity index (χ0) is 14.4. The fraction of sp³-hybridized carbons (Fsp3) is 0.471. The third-order valence-electron chi connectivity index (χ3n) is 4.83. The minimum atomic E-state index is -0.274. The zero-order valence-electron chi connectivity index (χ0n) is 12.3. The summed E-state index contributed by atoms with van der Waals surface area (Å²) in [7, 11) is 0. The minimum absolute atomic E-state index is 0.274. The predicted molar refractivity (Wildman–Crippen MR) is 81.8 cm³/mol. The summed E-state index contributed by atoms with van der Waals surface area (Å²) >= 11 is 0. The standard InChI is InChI=1S/C17H20N2O2/c1-2-21-17(20)19-10-11-9-14-12(6-4-8-18-14)13-5-3-7-15(19)16(11)13/h3,5,7,10,12,14,18H,2,4,6,8-9H2,1H3/t12-,14-/m1/s1. The van der Waals surface area contributed by atoms with Crippen molar-refractivity contribution in [2.75, 3.05) is 13.2 Å². The summed E-state index contributed by atoms with van der Waals surface area (Å²) in [5, 5.41) is 4.92. The lowest BCUT2D eigenvalue weighted by Gasteiger charge is -2.36. The number of piperidine rings is 1. The van der Waals surface area contributed by atoms with Gasteiger partial charge in [0.25, 0.3) is 0 Å². The smallest absolute Gasteiger partial charge is 0.418 e. The van der Waals surface area contributed by atoms with E-state index in [-0.39, 0.29) is 6.09 Å². The van der Waals surface area contributed by atoms with E-state index in [1.807, 2.05) is 19.2 Å². The Hall–Kier alpha value is -1.81. The highest BCUT2D eigenvalue weighted by Gasteiger charge is 2.34. The second-order valence-electron chi connectivity index (χ2n) is 5.98. The van der Waals surface area contributed by atoms with E-state index in [2.05, 4.69) is 17.4 Å². The van der Waals surface area contributed by atoms with Crippen LogP contribution in [0.2, 0.25) is 0 Å². The number of carbonyl (C=O) groups is 1. The first-order valence-electron chi connectivity index (χ1n) is 7.83. The minimum Gasteiger partial charge on any atom is -0.449 e. The maximum absolute atomic E-state index is 12.2. The molecule has 1 N–H and O–H groups in total. The van der Waals surface area contributed by atoms with Gasteiger partial charge in [-0.05, 0) is 49.9 Å². The van der Waals surface area contributed by atoms with Crippen LogP contribution in [-0.2, 0) is 11.2 Å². The number of nitrogens with one attached hydrogen (secondary N) is 1. The van der Waals surface area contributed by atoms with Gasteiger partial charge >= 0.3 is 6.09 Å². The van der Waals surface area contributed by atoms with Gasteiger partial charge in [-0.2, -0.15) is 0 Å². The van der Waals surface area contributed by atoms with Crippen LogP contribution in [-0.4, -0.2) is 29.9 Å². The molecule has 110 valence electrons. The molecule has 21 heavy (non-hydrogen) atoms. The molecule has 1 aromatic heterocycles. The molecule has 0 unspecified atom stereocenters. The topological polar surface area (TPSA) is 43.3 Å². The molecule has 1 fully saturated rings. The van der Waals surface area contributed by atoms with Crippen LogP contribution in [0.15, 0.2) is 24.4 Å². The van der Waals surface area contributed by atoms with Gasteiger partial charge in [-0.1, -0.05) is 12.1 Å². The van der Waals surface area contributed by atoms with Gasteiger partial charge in [0.2, 0.25) is 0 Å². The van der Waals surface area contributed by atoms with Crippen molar-refractivity contribution in [2.45, 2.75) is 38.1 Å². The van der Waals surface area contributed by atoms with Crippen molar-refractivity contribution in [1.29, 1.82) is 0 Å². The molecule has 4 nitrogen and oxygen atoms in total. The summed E-state index contributed by atoms with van der Waals surface area (Å²) in [6.07, 6.45) is 5.17. The molecule has 0 radical (unpaired) electrons. The van der Waals surface area contributed by atoms with Gasteiger partial charge in [0, 0.05) is 23.5 Å². The summed E-state index contributed by atoms with van der Waals surface area (Å²) in [5.41, 5.74) is 3.66. The van der Waals surface area contributed by atoms with E-state index in [1.165, 1.54) is 29.4 Å². The average Bonchev–Trinajstić information content (AvgIpc) is 2.88. The molecule has 0 amide bonds. The third kappa shape index (κ3) is 1.89. The predicted octanol–water partition coefficient (Wildman–Crippen LogP) is 3.04. The lowest BCUT2D eigenvalue weighted by molar-refractivity contribution is 0.155. The van der Waals surface area contributed by atoms with Crippen LogP contribution in [0.25, 0.3) is 10.9 Å². The van der Waals surface area contributed by atoms with Crippen LogP contribution >= 0.6 is 0 Å². The van der Waals surface area contributed by atoms with Crippen molar-refractivity contribution in [3.63, 3.8) is 0 Å². The van der Waals surface area contributed by atoms with Crippen molar-refractivity contribution < 1.29 is 9.53 Å². The molecule has 2 atom stereocenters. The van der Waals surface area contributed by atoms with Crippen molar-refractivity contribution >= 4 is 17.0 Å². The van der Waals surface area contributed by atoms with Crippen LogP contribution in [0.5, 0.6) is 0 Å². The Morgan fingerprint density at radius 2 is 2.38 bits per heavy atom.